The Morgan fingerprint density at radius 1 is 0.929 bits per heavy atom. The molecule has 1 heterocycles. The van der Waals surface area contributed by atoms with E-state index in [1.54, 1.807) is 0 Å². The first-order valence-electron chi connectivity index (χ1n) is 6.34. The molecule has 2 rings (SSSR count). The van der Waals surface area contributed by atoms with Gasteiger partial charge < -0.3 is 10.6 Å². The first-order chi connectivity index (χ1) is 6.90. The van der Waals surface area contributed by atoms with Crippen LogP contribution < -0.4 is 5.73 Å². The summed E-state index contributed by atoms with van der Waals surface area (Å²) in [4.78, 5) is 2.73. The molecule has 0 amide bonds. The number of piperidine rings is 1. The van der Waals surface area contributed by atoms with E-state index in [0.29, 0.717) is 0 Å². The minimum Gasteiger partial charge on any atom is -0.330 e. The van der Waals surface area contributed by atoms with E-state index in [0.717, 1.165) is 18.5 Å². The van der Waals surface area contributed by atoms with Crippen LogP contribution in [-0.2, 0) is 0 Å². The molecule has 1 aliphatic heterocycles. The summed E-state index contributed by atoms with van der Waals surface area (Å²) in [5, 5.41) is 0. The Bertz CT molecular complexity index is 156. The van der Waals surface area contributed by atoms with Crippen molar-refractivity contribution in [2.24, 2.45) is 11.7 Å². The number of nitrogens with two attached hydrogens (primary N) is 1. The van der Waals surface area contributed by atoms with Crippen LogP contribution in [0.25, 0.3) is 0 Å². The second-order valence-corrected chi connectivity index (χ2v) is 5.01. The van der Waals surface area contributed by atoms with Crippen molar-refractivity contribution < 1.29 is 0 Å². The summed E-state index contributed by atoms with van der Waals surface area (Å²) >= 11 is 0. The zero-order valence-electron chi connectivity index (χ0n) is 9.25. The van der Waals surface area contributed by atoms with E-state index in [4.69, 9.17) is 5.73 Å². The van der Waals surface area contributed by atoms with Gasteiger partial charge in [-0.2, -0.15) is 0 Å². The second-order valence-electron chi connectivity index (χ2n) is 5.01. The van der Waals surface area contributed by atoms with Gasteiger partial charge >= 0.3 is 0 Å². The summed E-state index contributed by atoms with van der Waals surface area (Å²) in [5.41, 5.74) is 5.71. The lowest BCUT2D eigenvalue weighted by molar-refractivity contribution is 0.116. The van der Waals surface area contributed by atoms with Crippen molar-refractivity contribution in [3.05, 3.63) is 0 Å². The molecule has 1 aliphatic carbocycles. The molecule has 0 aromatic carbocycles. The van der Waals surface area contributed by atoms with E-state index in [-0.39, 0.29) is 0 Å². The summed E-state index contributed by atoms with van der Waals surface area (Å²) in [6.45, 7) is 3.63. The molecule has 14 heavy (non-hydrogen) atoms. The third-order valence-corrected chi connectivity index (χ3v) is 4.06. The van der Waals surface area contributed by atoms with Crippen molar-refractivity contribution >= 4 is 0 Å². The Morgan fingerprint density at radius 2 is 1.57 bits per heavy atom. The van der Waals surface area contributed by atoms with Crippen molar-refractivity contribution in [1.29, 1.82) is 0 Å². The molecule has 0 unspecified atom stereocenters. The summed E-state index contributed by atoms with van der Waals surface area (Å²) in [6, 6.07) is 0.901. The molecule has 0 aromatic heterocycles. The van der Waals surface area contributed by atoms with E-state index in [2.05, 4.69) is 4.90 Å². The molecule has 0 spiro atoms. The van der Waals surface area contributed by atoms with Crippen molar-refractivity contribution in [3.8, 4) is 0 Å². The summed E-state index contributed by atoms with van der Waals surface area (Å²) in [5.74, 6) is 0.830. The standard InChI is InChI=1S/C12H24N2/c13-10-11-4-6-12(7-5-11)14-8-2-1-3-9-14/h11-12H,1-10,13H2. The maximum absolute atomic E-state index is 5.71. The average Bonchev–Trinajstić information content (AvgIpc) is 2.30. The van der Waals surface area contributed by atoms with Gasteiger partial charge in [0.2, 0.25) is 0 Å². The summed E-state index contributed by atoms with van der Waals surface area (Å²) < 4.78 is 0. The lowest BCUT2D eigenvalue weighted by Crippen LogP contribution is -2.41. The fraction of sp³-hybridized carbons (Fsp3) is 1.00. The van der Waals surface area contributed by atoms with Crippen LogP contribution in [0.1, 0.15) is 44.9 Å². The van der Waals surface area contributed by atoms with E-state index >= 15 is 0 Å². The highest BCUT2D eigenvalue weighted by Crippen LogP contribution is 2.28. The predicted molar refractivity (Wildman–Crippen MR) is 60.2 cm³/mol. The maximum Gasteiger partial charge on any atom is 0.00954 e. The van der Waals surface area contributed by atoms with Crippen molar-refractivity contribution in [2.75, 3.05) is 19.6 Å². The second kappa shape index (κ2) is 5.13. The highest BCUT2D eigenvalue weighted by Gasteiger charge is 2.25. The molecule has 0 aromatic rings. The molecule has 2 N–H and O–H groups in total. The summed E-state index contributed by atoms with van der Waals surface area (Å²) in [6.07, 6.45) is 9.86. The zero-order valence-corrected chi connectivity index (χ0v) is 9.25. The molecular weight excluding hydrogens is 172 g/mol. The quantitative estimate of drug-likeness (QED) is 0.732. The number of nitrogens with zero attached hydrogens (tertiary/aromatic N) is 1. The molecule has 2 aliphatic rings. The van der Waals surface area contributed by atoms with E-state index in [1.165, 1.54) is 58.0 Å². The number of hydrogen-bond donors (Lipinski definition) is 1. The highest BCUT2D eigenvalue weighted by molar-refractivity contribution is 4.81. The largest absolute Gasteiger partial charge is 0.330 e. The van der Waals surface area contributed by atoms with Crippen LogP contribution in [0.2, 0.25) is 0 Å². The molecule has 0 atom stereocenters. The van der Waals surface area contributed by atoms with E-state index in [1.807, 2.05) is 0 Å². The Kier molecular flexibility index (Phi) is 3.82. The van der Waals surface area contributed by atoms with Gasteiger partial charge in [0.05, 0.1) is 0 Å². The van der Waals surface area contributed by atoms with Crippen molar-refractivity contribution in [2.45, 2.75) is 51.0 Å². The fourth-order valence-corrected chi connectivity index (χ4v) is 3.03. The van der Waals surface area contributed by atoms with Crippen molar-refractivity contribution in [1.82, 2.24) is 4.90 Å². The molecule has 0 radical (unpaired) electrons. The smallest absolute Gasteiger partial charge is 0.00954 e. The third kappa shape index (κ3) is 2.48. The molecule has 82 valence electrons. The van der Waals surface area contributed by atoms with Crippen LogP contribution in [0.5, 0.6) is 0 Å². The van der Waals surface area contributed by atoms with Crippen LogP contribution in [0.4, 0.5) is 0 Å². The zero-order chi connectivity index (χ0) is 9.80. The molecule has 0 bridgehead atoms. The van der Waals surface area contributed by atoms with Crippen LogP contribution in [0, 0.1) is 5.92 Å². The maximum atomic E-state index is 5.71. The molecule has 2 heteroatoms. The normalized spacial score (nSPS) is 35.8. The highest BCUT2D eigenvalue weighted by atomic mass is 15.2. The van der Waals surface area contributed by atoms with Crippen LogP contribution in [-0.4, -0.2) is 30.6 Å². The fourth-order valence-electron chi connectivity index (χ4n) is 3.03. The molecular formula is C12H24N2. The van der Waals surface area contributed by atoms with Gasteiger partial charge in [0.15, 0.2) is 0 Å². The lowest BCUT2D eigenvalue weighted by atomic mass is 9.85. The molecule has 2 fully saturated rings. The topological polar surface area (TPSA) is 29.3 Å². The van der Waals surface area contributed by atoms with Crippen LogP contribution in [0.15, 0.2) is 0 Å². The SMILES string of the molecule is NCC1CCC(N2CCCCC2)CC1. The number of rotatable bonds is 2. The molecule has 1 saturated carbocycles. The molecule has 2 nitrogen and oxygen atoms in total. The van der Waals surface area contributed by atoms with Gasteiger partial charge in [-0.15, -0.1) is 0 Å². The number of hydrogen-bond acceptors (Lipinski definition) is 2. The van der Waals surface area contributed by atoms with Gasteiger partial charge in [0.1, 0.15) is 0 Å². The van der Waals surface area contributed by atoms with Gasteiger partial charge in [-0.25, -0.2) is 0 Å². The minimum absolute atomic E-state index is 0.830. The third-order valence-electron chi connectivity index (χ3n) is 4.06. The van der Waals surface area contributed by atoms with Gasteiger partial charge in [-0.3, -0.25) is 0 Å². The Morgan fingerprint density at radius 3 is 2.14 bits per heavy atom. The van der Waals surface area contributed by atoms with E-state index in [9.17, 15) is 0 Å². The average molecular weight is 196 g/mol. The lowest BCUT2D eigenvalue weighted by Gasteiger charge is -2.38. The Labute approximate surface area is 87.8 Å². The van der Waals surface area contributed by atoms with Crippen LogP contribution in [0.3, 0.4) is 0 Å². The minimum atomic E-state index is 0.830. The van der Waals surface area contributed by atoms with Gasteiger partial charge in [0, 0.05) is 6.04 Å². The Balaban J connectivity index is 1.76. The first-order valence-corrected chi connectivity index (χ1v) is 6.34. The van der Waals surface area contributed by atoms with Crippen molar-refractivity contribution in [3.63, 3.8) is 0 Å². The summed E-state index contributed by atoms with van der Waals surface area (Å²) in [7, 11) is 0. The van der Waals surface area contributed by atoms with Gasteiger partial charge in [-0.05, 0) is 64.1 Å². The van der Waals surface area contributed by atoms with Gasteiger partial charge in [-0.1, -0.05) is 6.42 Å². The number of likely N-dealkylation sites (tertiary alicyclic amines) is 1. The predicted octanol–water partition coefficient (Wildman–Crippen LogP) is 1.99. The van der Waals surface area contributed by atoms with Gasteiger partial charge in [0.25, 0.3) is 0 Å². The van der Waals surface area contributed by atoms with Crippen LogP contribution >= 0.6 is 0 Å². The molecule has 1 saturated heterocycles. The monoisotopic (exact) mass is 196 g/mol. The first kappa shape index (κ1) is 10.4. The Hall–Kier alpha value is -0.0800. The van der Waals surface area contributed by atoms with E-state index < -0.39 is 0 Å².